The minimum Gasteiger partial charge on any atom is -0.0842 e. The highest BCUT2D eigenvalue weighted by Crippen LogP contribution is 2.44. The van der Waals surface area contributed by atoms with E-state index in [0.717, 1.165) is 17.8 Å². The van der Waals surface area contributed by atoms with E-state index in [2.05, 4.69) is 71.1 Å². The summed E-state index contributed by atoms with van der Waals surface area (Å²) in [7, 11) is 0. The van der Waals surface area contributed by atoms with Crippen LogP contribution in [0, 0.1) is 23.2 Å². The second kappa shape index (κ2) is 10.1. The second-order valence-electron chi connectivity index (χ2n) is 10.7. The van der Waals surface area contributed by atoms with Crippen LogP contribution in [0.25, 0.3) is 0 Å². The Morgan fingerprint density at radius 3 is 2.38 bits per heavy atom. The molecule has 0 heterocycles. The van der Waals surface area contributed by atoms with Gasteiger partial charge in [0.15, 0.2) is 0 Å². The largest absolute Gasteiger partial charge is 0.0842 e. The summed E-state index contributed by atoms with van der Waals surface area (Å²) < 4.78 is 0. The maximum atomic E-state index is 2.63. The number of rotatable bonds is 10. The van der Waals surface area contributed by atoms with E-state index in [1.165, 1.54) is 64.2 Å². The van der Waals surface area contributed by atoms with Crippen LogP contribution in [0.2, 0.25) is 0 Å². The van der Waals surface area contributed by atoms with Gasteiger partial charge in [0.2, 0.25) is 0 Å². The molecule has 1 fully saturated rings. The lowest BCUT2D eigenvalue weighted by Gasteiger charge is -2.34. The van der Waals surface area contributed by atoms with Crippen LogP contribution < -0.4 is 0 Å². The van der Waals surface area contributed by atoms with Crippen molar-refractivity contribution >= 4 is 0 Å². The molecule has 0 radical (unpaired) electrons. The lowest BCUT2D eigenvalue weighted by Crippen LogP contribution is -2.20. The smallest absolute Gasteiger partial charge is 0.00672 e. The summed E-state index contributed by atoms with van der Waals surface area (Å²) in [6.07, 6.45) is 27.5. The van der Waals surface area contributed by atoms with E-state index in [9.17, 15) is 0 Å². The Hall–Kier alpha value is -1.30. The van der Waals surface area contributed by atoms with Crippen molar-refractivity contribution < 1.29 is 0 Å². The Bertz CT molecular complexity index is 700. The molecule has 0 aliphatic heterocycles. The van der Waals surface area contributed by atoms with Crippen molar-refractivity contribution in [1.29, 1.82) is 0 Å². The van der Waals surface area contributed by atoms with Crippen molar-refractivity contribution in [2.75, 3.05) is 0 Å². The molecule has 0 saturated heterocycles. The zero-order valence-corrected chi connectivity index (χ0v) is 19.8. The van der Waals surface area contributed by atoms with Crippen LogP contribution in [0.1, 0.15) is 98.8 Å². The first-order valence-corrected chi connectivity index (χ1v) is 12.3. The molecular formula is C29H44. The first kappa shape index (κ1) is 22.4. The summed E-state index contributed by atoms with van der Waals surface area (Å²) in [5.74, 6) is 2.58. The van der Waals surface area contributed by atoms with Gasteiger partial charge in [0.05, 0.1) is 0 Å². The lowest BCUT2D eigenvalue weighted by atomic mass is 9.71. The molecule has 0 amide bonds. The summed E-state index contributed by atoms with van der Waals surface area (Å²) in [4.78, 5) is 0. The normalized spacial score (nSPS) is 21.7. The predicted molar refractivity (Wildman–Crippen MR) is 129 cm³/mol. The van der Waals surface area contributed by atoms with Gasteiger partial charge in [0, 0.05) is 5.41 Å². The van der Waals surface area contributed by atoms with Crippen molar-refractivity contribution in [1.82, 2.24) is 0 Å². The van der Waals surface area contributed by atoms with E-state index in [-0.39, 0.29) is 5.41 Å². The molecule has 29 heavy (non-hydrogen) atoms. The van der Waals surface area contributed by atoms with Crippen LogP contribution in [0.5, 0.6) is 0 Å². The molecule has 3 rings (SSSR count). The molecule has 1 unspecified atom stereocenters. The van der Waals surface area contributed by atoms with Crippen LogP contribution in [0.3, 0.4) is 0 Å². The van der Waals surface area contributed by atoms with Gasteiger partial charge in [-0.25, -0.2) is 0 Å². The van der Waals surface area contributed by atoms with Gasteiger partial charge in [-0.2, -0.15) is 0 Å². The lowest BCUT2D eigenvalue weighted by molar-refractivity contribution is 0.415. The molecule has 0 spiro atoms. The third-order valence-electron chi connectivity index (χ3n) is 7.81. The van der Waals surface area contributed by atoms with Crippen LogP contribution in [0.15, 0.2) is 58.7 Å². The van der Waals surface area contributed by atoms with Gasteiger partial charge < -0.3 is 0 Å². The number of allylic oxidation sites excluding steroid dienone is 10. The van der Waals surface area contributed by atoms with Crippen molar-refractivity contribution in [2.45, 2.75) is 98.8 Å². The van der Waals surface area contributed by atoms with E-state index in [0.29, 0.717) is 0 Å². The van der Waals surface area contributed by atoms with Gasteiger partial charge in [0.1, 0.15) is 0 Å². The van der Waals surface area contributed by atoms with E-state index < -0.39 is 0 Å². The Balaban J connectivity index is 1.74. The average Bonchev–Trinajstić information content (AvgIpc) is 3.55. The molecule has 0 nitrogen and oxygen atoms in total. The Labute approximate surface area is 180 Å². The topological polar surface area (TPSA) is 0 Å². The summed E-state index contributed by atoms with van der Waals surface area (Å²) in [6.45, 7) is 12.1. The minimum absolute atomic E-state index is 0.198. The monoisotopic (exact) mass is 392 g/mol. The molecule has 1 saturated carbocycles. The highest BCUT2D eigenvalue weighted by atomic mass is 14.3. The molecule has 0 N–H and O–H groups in total. The predicted octanol–water partition coefficient (Wildman–Crippen LogP) is 9.12. The van der Waals surface area contributed by atoms with Gasteiger partial charge >= 0.3 is 0 Å². The van der Waals surface area contributed by atoms with Gasteiger partial charge in [-0.15, -0.1) is 0 Å². The zero-order valence-electron chi connectivity index (χ0n) is 19.8. The maximum absolute atomic E-state index is 2.63. The number of hydrogen-bond acceptors (Lipinski definition) is 0. The van der Waals surface area contributed by atoms with E-state index in [4.69, 9.17) is 0 Å². The minimum atomic E-state index is 0.198. The SMILES string of the molecule is CC(C)C(C)CC=C(CCCC1CC1)C(C)(C)C1=CC=C(C2=CC=CCC2)CC1. The van der Waals surface area contributed by atoms with Gasteiger partial charge in [-0.1, -0.05) is 101 Å². The van der Waals surface area contributed by atoms with Crippen LogP contribution in [0.4, 0.5) is 0 Å². The fourth-order valence-electron chi connectivity index (χ4n) is 4.76. The summed E-state index contributed by atoms with van der Waals surface area (Å²) in [6, 6.07) is 0. The van der Waals surface area contributed by atoms with E-state index in [1.807, 2.05) is 0 Å². The molecule has 160 valence electrons. The average molecular weight is 393 g/mol. The Morgan fingerprint density at radius 2 is 1.79 bits per heavy atom. The summed E-state index contributed by atoms with van der Waals surface area (Å²) >= 11 is 0. The fraction of sp³-hybridized carbons (Fsp3) is 0.655. The highest BCUT2D eigenvalue weighted by Gasteiger charge is 2.29. The van der Waals surface area contributed by atoms with Gasteiger partial charge in [0.25, 0.3) is 0 Å². The third-order valence-corrected chi connectivity index (χ3v) is 7.81. The first-order chi connectivity index (χ1) is 13.9. The molecule has 0 aromatic carbocycles. The molecule has 1 atom stereocenters. The molecule has 0 aromatic heterocycles. The highest BCUT2D eigenvalue weighted by molar-refractivity contribution is 5.43. The number of hydrogen-bond donors (Lipinski definition) is 0. The fourth-order valence-corrected chi connectivity index (χ4v) is 4.76. The maximum Gasteiger partial charge on any atom is 0.00672 e. The zero-order chi connectivity index (χ0) is 20.9. The summed E-state index contributed by atoms with van der Waals surface area (Å²) in [5.41, 5.74) is 6.67. The van der Waals surface area contributed by atoms with Crippen molar-refractivity contribution in [2.24, 2.45) is 23.2 Å². The van der Waals surface area contributed by atoms with Gasteiger partial charge in [-0.3, -0.25) is 0 Å². The van der Waals surface area contributed by atoms with E-state index >= 15 is 0 Å². The summed E-state index contributed by atoms with van der Waals surface area (Å²) in [5, 5.41) is 0. The Morgan fingerprint density at radius 1 is 1.03 bits per heavy atom. The van der Waals surface area contributed by atoms with Crippen molar-refractivity contribution in [3.05, 3.63) is 58.7 Å². The Kier molecular flexibility index (Phi) is 7.83. The molecule has 3 aliphatic rings. The standard InChI is InChI=1S/C29H44/c1-22(2)23(3)14-19-27(13-9-10-24-15-16-24)29(4,5)28-20-17-26(18-21-28)25-11-7-6-8-12-25/h6-7,11,17,19-20,22-24H,8-10,12-16,18,21H2,1-5H3. The quantitative estimate of drug-likeness (QED) is 0.325. The molecule has 0 aromatic rings. The molecule has 3 aliphatic carbocycles. The van der Waals surface area contributed by atoms with Gasteiger partial charge in [-0.05, 0) is 73.8 Å². The van der Waals surface area contributed by atoms with Crippen LogP contribution in [-0.2, 0) is 0 Å². The third kappa shape index (κ3) is 6.34. The van der Waals surface area contributed by atoms with E-state index in [1.54, 1.807) is 22.3 Å². The second-order valence-corrected chi connectivity index (χ2v) is 10.7. The van der Waals surface area contributed by atoms with Crippen molar-refractivity contribution in [3.8, 4) is 0 Å². The van der Waals surface area contributed by atoms with Crippen LogP contribution in [-0.4, -0.2) is 0 Å². The first-order valence-electron chi connectivity index (χ1n) is 12.3. The van der Waals surface area contributed by atoms with Crippen molar-refractivity contribution in [3.63, 3.8) is 0 Å². The van der Waals surface area contributed by atoms with Crippen LogP contribution >= 0.6 is 0 Å². The molecule has 0 bridgehead atoms. The molecular weight excluding hydrogens is 348 g/mol. The molecule has 0 heteroatoms.